The number of rotatable bonds is 3. The number of para-hydroxylation sites is 1. The Morgan fingerprint density at radius 2 is 2.29 bits per heavy atom. The van der Waals surface area contributed by atoms with Gasteiger partial charge in [0.15, 0.2) is 5.76 Å². The second-order valence-corrected chi connectivity index (χ2v) is 6.69. The van der Waals surface area contributed by atoms with E-state index in [2.05, 4.69) is 34.3 Å². The van der Waals surface area contributed by atoms with Crippen LogP contribution >= 0.6 is 11.3 Å². The summed E-state index contributed by atoms with van der Waals surface area (Å²) in [5.74, 6) is 0.992. The van der Waals surface area contributed by atoms with Crippen molar-refractivity contribution < 1.29 is 4.52 Å². The maximum absolute atomic E-state index is 5.47. The van der Waals surface area contributed by atoms with E-state index in [4.69, 9.17) is 9.51 Å². The Morgan fingerprint density at radius 1 is 1.38 bits per heavy atom. The number of hydrogen-bond acceptors (Lipinski definition) is 5. The molecule has 3 aromatic rings. The van der Waals surface area contributed by atoms with Gasteiger partial charge in [-0.2, -0.15) is 0 Å². The lowest BCUT2D eigenvalue weighted by molar-refractivity contribution is 0.206. The molecule has 2 aromatic heterocycles. The highest BCUT2D eigenvalue weighted by atomic mass is 32.1. The number of nitrogens with zero attached hydrogens (tertiary/aromatic N) is 3. The molecule has 1 unspecified atom stereocenters. The van der Waals surface area contributed by atoms with Crippen molar-refractivity contribution in [2.75, 3.05) is 6.54 Å². The lowest BCUT2D eigenvalue weighted by atomic mass is 10.1. The van der Waals surface area contributed by atoms with Gasteiger partial charge >= 0.3 is 0 Å². The lowest BCUT2D eigenvalue weighted by Crippen LogP contribution is -2.22. The van der Waals surface area contributed by atoms with E-state index < -0.39 is 0 Å². The molecule has 0 radical (unpaired) electrons. The summed E-state index contributed by atoms with van der Waals surface area (Å²) in [6.07, 6.45) is 2.34. The van der Waals surface area contributed by atoms with Gasteiger partial charge in [0.25, 0.3) is 0 Å². The van der Waals surface area contributed by atoms with Crippen LogP contribution in [-0.2, 0) is 6.54 Å². The molecule has 1 fully saturated rings. The molecule has 3 heterocycles. The first kappa shape index (κ1) is 13.0. The average molecular weight is 299 g/mol. The molecule has 4 rings (SSSR count). The van der Waals surface area contributed by atoms with Gasteiger partial charge < -0.3 is 4.52 Å². The van der Waals surface area contributed by atoms with Crippen LogP contribution in [0.2, 0.25) is 0 Å². The van der Waals surface area contributed by atoms with E-state index in [0.717, 1.165) is 36.5 Å². The van der Waals surface area contributed by atoms with E-state index in [1.165, 1.54) is 16.1 Å². The van der Waals surface area contributed by atoms with Gasteiger partial charge in [-0.15, -0.1) is 11.3 Å². The molecule has 21 heavy (non-hydrogen) atoms. The third-order valence-corrected chi connectivity index (χ3v) is 5.04. The first-order valence-electron chi connectivity index (χ1n) is 7.31. The SMILES string of the molecule is Cc1cc(C2CCCN2Cc2nc3ccccc3s2)on1. The van der Waals surface area contributed by atoms with Crippen LogP contribution in [0.3, 0.4) is 0 Å². The molecular formula is C16H17N3OS. The standard InChI is InChI=1S/C16H17N3OS/c1-11-9-14(20-18-11)13-6-4-8-19(13)10-16-17-12-5-2-3-7-15(12)21-16/h2-3,5,7,9,13H,4,6,8,10H2,1H3. The van der Waals surface area contributed by atoms with Crippen LogP contribution in [-0.4, -0.2) is 21.6 Å². The maximum Gasteiger partial charge on any atom is 0.154 e. The van der Waals surface area contributed by atoms with Crippen molar-refractivity contribution in [2.45, 2.75) is 32.4 Å². The fraction of sp³-hybridized carbons (Fsp3) is 0.375. The van der Waals surface area contributed by atoms with Crippen molar-refractivity contribution in [3.8, 4) is 0 Å². The highest BCUT2D eigenvalue weighted by Crippen LogP contribution is 2.34. The summed E-state index contributed by atoms with van der Waals surface area (Å²) in [5, 5.41) is 5.20. The molecular weight excluding hydrogens is 282 g/mol. The van der Waals surface area contributed by atoms with E-state index in [1.807, 2.05) is 13.0 Å². The number of hydrogen-bond donors (Lipinski definition) is 0. The number of likely N-dealkylation sites (tertiary alicyclic amines) is 1. The van der Waals surface area contributed by atoms with Gasteiger partial charge in [0.05, 0.1) is 28.5 Å². The van der Waals surface area contributed by atoms with Crippen LogP contribution in [0.1, 0.15) is 35.3 Å². The molecule has 1 aliphatic heterocycles. The van der Waals surface area contributed by atoms with E-state index in [-0.39, 0.29) is 0 Å². The Labute approximate surface area is 127 Å². The van der Waals surface area contributed by atoms with Gasteiger partial charge in [0.2, 0.25) is 0 Å². The quantitative estimate of drug-likeness (QED) is 0.735. The first-order valence-corrected chi connectivity index (χ1v) is 8.13. The fourth-order valence-electron chi connectivity index (χ4n) is 3.04. The molecule has 1 aromatic carbocycles. The third-order valence-electron chi connectivity index (χ3n) is 4.01. The minimum absolute atomic E-state index is 0.346. The molecule has 1 aliphatic rings. The van der Waals surface area contributed by atoms with Crippen LogP contribution in [0.4, 0.5) is 0 Å². The summed E-state index contributed by atoms with van der Waals surface area (Å²) in [5.41, 5.74) is 2.06. The third kappa shape index (κ3) is 2.47. The molecule has 1 atom stereocenters. The van der Waals surface area contributed by atoms with Crippen molar-refractivity contribution in [1.29, 1.82) is 0 Å². The molecule has 0 aliphatic carbocycles. The normalized spacial score (nSPS) is 19.6. The second kappa shape index (κ2) is 5.24. The average Bonchev–Trinajstić information content (AvgIpc) is 3.17. The zero-order chi connectivity index (χ0) is 14.2. The van der Waals surface area contributed by atoms with Crippen molar-refractivity contribution in [1.82, 2.24) is 15.0 Å². The number of aryl methyl sites for hydroxylation is 1. The van der Waals surface area contributed by atoms with Crippen LogP contribution in [0, 0.1) is 6.92 Å². The summed E-state index contributed by atoms with van der Waals surface area (Å²) in [7, 11) is 0. The van der Waals surface area contributed by atoms with Crippen molar-refractivity contribution in [3.63, 3.8) is 0 Å². The lowest BCUT2D eigenvalue weighted by Gasteiger charge is -2.20. The largest absolute Gasteiger partial charge is 0.359 e. The molecule has 0 N–H and O–H groups in total. The summed E-state index contributed by atoms with van der Waals surface area (Å²) in [6.45, 7) is 3.96. The molecule has 0 amide bonds. The van der Waals surface area contributed by atoms with Gasteiger partial charge in [0, 0.05) is 6.07 Å². The van der Waals surface area contributed by atoms with Gasteiger partial charge in [0.1, 0.15) is 5.01 Å². The first-order chi connectivity index (χ1) is 10.3. The van der Waals surface area contributed by atoms with Crippen molar-refractivity contribution in [2.24, 2.45) is 0 Å². The van der Waals surface area contributed by atoms with Gasteiger partial charge in [-0.05, 0) is 38.4 Å². The van der Waals surface area contributed by atoms with E-state index >= 15 is 0 Å². The van der Waals surface area contributed by atoms with Gasteiger partial charge in [-0.1, -0.05) is 17.3 Å². The zero-order valence-electron chi connectivity index (χ0n) is 12.0. The molecule has 0 saturated carbocycles. The zero-order valence-corrected chi connectivity index (χ0v) is 12.8. The predicted molar refractivity (Wildman–Crippen MR) is 83.2 cm³/mol. The fourth-order valence-corrected chi connectivity index (χ4v) is 4.03. The van der Waals surface area contributed by atoms with Crippen LogP contribution < -0.4 is 0 Å². The maximum atomic E-state index is 5.47. The number of fused-ring (bicyclic) bond motifs is 1. The highest BCUT2D eigenvalue weighted by Gasteiger charge is 2.29. The van der Waals surface area contributed by atoms with Gasteiger partial charge in [-0.3, -0.25) is 4.90 Å². The smallest absolute Gasteiger partial charge is 0.154 e. The highest BCUT2D eigenvalue weighted by molar-refractivity contribution is 7.18. The number of thiazole rings is 1. The van der Waals surface area contributed by atoms with E-state index in [9.17, 15) is 0 Å². The summed E-state index contributed by atoms with van der Waals surface area (Å²) in [4.78, 5) is 7.20. The molecule has 1 saturated heterocycles. The molecule has 0 spiro atoms. The Balaban J connectivity index is 1.57. The van der Waals surface area contributed by atoms with E-state index in [1.54, 1.807) is 11.3 Å². The summed E-state index contributed by atoms with van der Waals surface area (Å²) >= 11 is 1.79. The Kier molecular flexibility index (Phi) is 3.24. The minimum Gasteiger partial charge on any atom is -0.359 e. The summed E-state index contributed by atoms with van der Waals surface area (Å²) < 4.78 is 6.73. The second-order valence-electron chi connectivity index (χ2n) is 5.57. The molecule has 5 heteroatoms. The molecule has 4 nitrogen and oxygen atoms in total. The Morgan fingerprint density at radius 3 is 3.10 bits per heavy atom. The number of aromatic nitrogens is 2. The van der Waals surface area contributed by atoms with Crippen molar-refractivity contribution >= 4 is 21.6 Å². The van der Waals surface area contributed by atoms with Gasteiger partial charge in [-0.25, -0.2) is 4.98 Å². The van der Waals surface area contributed by atoms with Crippen LogP contribution in [0.5, 0.6) is 0 Å². The minimum atomic E-state index is 0.346. The topological polar surface area (TPSA) is 42.2 Å². The molecule has 0 bridgehead atoms. The van der Waals surface area contributed by atoms with Crippen LogP contribution in [0.25, 0.3) is 10.2 Å². The van der Waals surface area contributed by atoms with E-state index in [0.29, 0.717) is 6.04 Å². The predicted octanol–water partition coefficient (Wildman–Crippen LogP) is 3.93. The van der Waals surface area contributed by atoms with Crippen molar-refractivity contribution in [3.05, 3.63) is 46.8 Å². The molecule has 108 valence electrons. The monoisotopic (exact) mass is 299 g/mol. The number of benzene rings is 1. The summed E-state index contributed by atoms with van der Waals surface area (Å²) in [6, 6.07) is 10.7. The Bertz CT molecular complexity index is 731. The Hall–Kier alpha value is -1.72. The van der Waals surface area contributed by atoms with Crippen LogP contribution in [0.15, 0.2) is 34.9 Å².